The van der Waals surface area contributed by atoms with Crippen molar-refractivity contribution in [1.29, 1.82) is 0 Å². The normalized spacial score (nSPS) is 10.8. The second-order valence-corrected chi connectivity index (χ2v) is 5.74. The molecule has 1 aromatic heterocycles. The third-order valence-corrected chi connectivity index (χ3v) is 3.87. The summed E-state index contributed by atoms with van der Waals surface area (Å²) < 4.78 is 41.7. The zero-order valence-corrected chi connectivity index (χ0v) is 11.9. The van der Waals surface area contributed by atoms with Gasteiger partial charge in [-0.05, 0) is 18.2 Å². The number of benzene rings is 1. The minimum Gasteiger partial charge on any atom is -0.384 e. The number of anilines is 1. The van der Waals surface area contributed by atoms with Crippen molar-refractivity contribution in [2.24, 2.45) is 7.05 Å². The van der Waals surface area contributed by atoms with E-state index < -0.39 is 20.7 Å². The number of sulfonamides is 1. The van der Waals surface area contributed by atoms with Crippen molar-refractivity contribution in [2.75, 3.05) is 11.3 Å². The smallest absolute Gasteiger partial charge is 0.266 e. The highest BCUT2D eigenvalue weighted by Gasteiger charge is 2.20. The molecule has 0 aliphatic rings. The molecule has 0 amide bonds. The van der Waals surface area contributed by atoms with Crippen molar-refractivity contribution in [3.8, 4) is 11.8 Å². The van der Waals surface area contributed by atoms with Gasteiger partial charge in [0, 0.05) is 24.9 Å². The lowest BCUT2D eigenvalue weighted by molar-refractivity contribution is 0.350. The van der Waals surface area contributed by atoms with Crippen LogP contribution in [0.1, 0.15) is 5.56 Å². The highest BCUT2D eigenvalue weighted by molar-refractivity contribution is 7.92. The maximum atomic E-state index is 13.9. The molecule has 110 valence electrons. The molecule has 0 spiro atoms. The molecule has 0 atom stereocenters. The summed E-state index contributed by atoms with van der Waals surface area (Å²) in [6, 6.07) is 4.92. The van der Waals surface area contributed by atoms with Crippen LogP contribution in [0, 0.1) is 17.7 Å². The summed E-state index contributed by atoms with van der Waals surface area (Å²) in [7, 11) is -2.43. The maximum Gasteiger partial charge on any atom is 0.266 e. The van der Waals surface area contributed by atoms with Gasteiger partial charge in [-0.25, -0.2) is 12.8 Å². The Morgan fingerprint density at radius 3 is 2.76 bits per heavy atom. The summed E-state index contributed by atoms with van der Waals surface area (Å²) in [5, 5.41) is 12.4. The molecule has 1 aromatic carbocycles. The third kappa shape index (κ3) is 3.59. The molecule has 0 radical (unpaired) electrons. The van der Waals surface area contributed by atoms with E-state index in [2.05, 4.69) is 21.7 Å². The van der Waals surface area contributed by atoms with Gasteiger partial charge in [0.05, 0.1) is 0 Å². The maximum absolute atomic E-state index is 13.9. The number of halogens is 1. The van der Waals surface area contributed by atoms with E-state index in [0.717, 1.165) is 12.1 Å². The number of hydrogen-bond acceptors (Lipinski definition) is 4. The van der Waals surface area contributed by atoms with Gasteiger partial charge in [0.2, 0.25) is 0 Å². The first-order valence-corrected chi connectivity index (χ1v) is 7.32. The van der Waals surface area contributed by atoms with Crippen molar-refractivity contribution in [3.63, 3.8) is 0 Å². The van der Waals surface area contributed by atoms with Crippen molar-refractivity contribution in [2.45, 2.75) is 4.90 Å². The summed E-state index contributed by atoms with van der Waals surface area (Å²) in [6.45, 7) is -0.358. The first-order valence-electron chi connectivity index (χ1n) is 5.84. The molecule has 2 N–H and O–H groups in total. The van der Waals surface area contributed by atoms with Gasteiger partial charge in [-0.3, -0.25) is 9.40 Å². The summed E-state index contributed by atoms with van der Waals surface area (Å²) >= 11 is 0. The van der Waals surface area contributed by atoms with Crippen LogP contribution in [0.25, 0.3) is 0 Å². The zero-order valence-electron chi connectivity index (χ0n) is 11.0. The van der Waals surface area contributed by atoms with Crippen LogP contribution in [0.2, 0.25) is 0 Å². The first kappa shape index (κ1) is 15.0. The van der Waals surface area contributed by atoms with Crippen molar-refractivity contribution < 1.29 is 17.9 Å². The highest BCUT2D eigenvalue weighted by Crippen LogP contribution is 2.18. The van der Waals surface area contributed by atoms with Crippen molar-refractivity contribution >= 4 is 15.8 Å². The molecule has 2 rings (SSSR count). The van der Waals surface area contributed by atoms with E-state index in [1.165, 1.54) is 16.8 Å². The number of aromatic nitrogens is 2. The first-order chi connectivity index (χ1) is 9.92. The number of nitrogens with zero attached hydrogens (tertiary/aromatic N) is 2. The van der Waals surface area contributed by atoms with Crippen LogP contribution >= 0.6 is 0 Å². The van der Waals surface area contributed by atoms with Gasteiger partial charge in [0.1, 0.15) is 17.3 Å². The second-order valence-electron chi connectivity index (χ2n) is 4.09. The van der Waals surface area contributed by atoms with Gasteiger partial charge in [-0.1, -0.05) is 11.8 Å². The van der Waals surface area contributed by atoms with Crippen LogP contribution in [0.3, 0.4) is 0 Å². The van der Waals surface area contributed by atoms with Crippen LogP contribution in [0.15, 0.2) is 35.4 Å². The number of rotatable bonds is 3. The predicted molar refractivity (Wildman–Crippen MR) is 74.4 cm³/mol. The molecule has 21 heavy (non-hydrogen) atoms. The second kappa shape index (κ2) is 5.95. The Hall–Kier alpha value is -2.37. The Balaban J connectivity index is 2.32. The average molecular weight is 309 g/mol. The summed E-state index contributed by atoms with van der Waals surface area (Å²) in [4.78, 5) is -0.497. The van der Waals surface area contributed by atoms with E-state index >= 15 is 0 Å². The van der Waals surface area contributed by atoms with Crippen LogP contribution in [-0.4, -0.2) is 29.9 Å². The minimum atomic E-state index is -4.07. The van der Waals surface area contributed by atoms with Gasteiger partial charge in [0.15, 0.2) is 5.82 Å². The molecule has 8 heteroatoms. The number of aliphatic hydroxyl groups excluding tert-OH is 1. The predicted octanol–water partition coefficient (Wildman–Crippen LogP) is 0.704. The Labute approximate surface area is 121 Å². The Morgan fingerprint density at radius 1 is 1.43 bits per heavy atom. The largest absolute Gasteiger partial charge is 0.384 e. The number of aryl methyl sites for hydroxylation is 1. The minimum absolute atomic E-state index is 0.0982. The lowest BCUT2D eigenvalue weighted by atomic mass is 10.2. The average Bonchev–Trinajstić information content (AvgIpc) is 2.80. The molecule has 1 heterocycles. The molecule has 0 saturated heterocycles. The molecular formula is C13H12FN3O3S. The standard InChI is InChI=1S/C13H12FN3O3S/c1-17-7-6-13(15-17)16-21(19,20)12-5-4-10(3-2-8-18)9-11(12)14/h4-7,9,18H,8H2,1H3,(H,15,16). The summed E-state index contributed by atoms with van der Waals surface area (Å²) in [6.07, 6.45) is 1.56. The number of aliphatic hydroxyl groups is 1. The van der Waals surface area contributed by atoms with Gasteiger partial charge in [0.25, 0.3) is 10.0 Å². The molecule has 0 saturated carbocycles. The lowest BCUT2D eigenvalue weighted by Gasteiger charge is -2.06. The molecule has 6 nitrogen and oxygen atoms in total. The zero-order chi connectivity index (χ0) is 15.5. The van der Waals surface area contributed by atoms with E-state index in [0.29, 0.717) is 0 Å². The Bertz CT molecular complexity index is 819. The molecule has 0 bridgehead atoms. The molecule has 0 aliphatic heterocycles. The Kier molecular flexibility index (Phi) is 4.26. The van der Waals surface area contributed by atoms with Crippen LogP contribution in [-0.2, 0) is 17.1 Å². The van der Waals surface area contributed by atoms with Gasteiger partial charge >= 0.3 is 0 Å². The van der Waals surface area contributed by atoms with Gasteiger partial charge in [-0.2, -0.15) is 5.10 Å². The fourth-order valence-electron chi connectivity index (χ4n) is 1.60. The summed E-state index contributed by atoms with van der Waals surface area (Å²) in [5.74, 6) is 4.02. The van der Waals surface area contributed by atoms with E-state index in [4.69, 9.17) is 5.11 Å². The SMILES string of the molecule is Cn1ccc(NS(=O)(=O)c2ccc(C#CCO)cc2F)n1. The van der Waals surface area contributed by atoms with Crippen LogP contribution < -0.4 is 4.72 Å². The highest BCUT2D eigenvalue weighted by atomic mass is 32.2. The van der Waals surface area contributed by atoms with Crippen molar-refractivity contribution in [3.05, 3.63) is 41.8 Å². The topological polar surface area (TPSA) is 84.2 Å². The van der Waals surface area contributed by atoms with Crippen molar-refractivity contribution in [1.82, 2.24) is 9.78 Å². The lowest BCUT2D eigenvalue weighted by Crippen LogP contribution is -2.15. The number of nitrogens with one attached hydrogen (secondary N) is 1. The molecule has 0 aliphatic carbocycles. The van der Waals surface area contributed by atoms with E-state index in [-0.39, 0.29) is 18.0 Å². The van der Waals surface area contributed by atoms with Crippen LogP contribution in [0.5, 0.6) is 0 Å². The molecular weight excluding hydrogens is 297 g/mol. The van der Waals surface area contributed by atoms with E-state index in [9.17, 15) is 12.8 Å². The number of hydrogen-bond donors (Lipinski definition) is 2. The van der Waals surface area contributed by atoms with Crippen LogP contribution in [0.4, 0.5) is 10.2 Å². The summed E-state index contributed by atoms with van der Waals surface area (Å²) in [5.41, 5.74) is 0.276. The van der Waals surface area contributed by atoms with E-state index in [1.807, 2.05) is 0 Å². The Morgan fingerprint density at radius 2 is 2.19 bits per heavy atom. The fourth-order valence-corrected chi connectivity index (χ4v) is 2.66. The molecule has 0 unspecified atom stereocenters. The molecule has 2 aromatic rings. The van der Waals surface area contributed by atoms with Gasteiger partial charge in [-0.15, -0.1) is 0 Å². The van der Waals surface area contributed by atoms with Gasteiger partial charge < -0.3 is 5.11 Å². The third-order valence-electron chi connectivity index (χ3n) is 2.49. The van der Waals surface area contributed by atoms with E-state index in [1.54, 1.807) is 13.2 Å². The monoisotopic (exact) mass is 309 g/mol. The molecule has 0 fully saturated rings. The quantitative estimate of drug-likeness (QED) is 0.818. The fraction of sp³-hybridized carbons (Fsp3) is 0.154.